The summed E-state index contributed by atoms with van der Waals surface area (Å²) in [6.07, 6.45) is 1.31. The summed E-state index contributed by atoms with van der Waals surface area (Å²) < 4.78 is 4.69. The Morgan fingerprint density at radius 2 is 2.00 bits per heavy atom. The van der Waals surface area contributed by atoms with Crippen LogP contribution in [0.25, 0.3) is 0 Å². The molecule has 90 valence electrons. The summed E-state index contributed by atoms with van der Waals surface area (Å²) in [6.45, 7) is 2.04. The van der Waals surface area contributed by atoms with Crippen LogP contribution >= 0.6 is 0 Å². The lowest BCUT2D eigenvalue weighted by Crippen LogP contribution is -2.26. The molecule has 5 heteroatoms. The maximum atomic E-state index is 9.04. The van der Waals surface area contributed by atoms with Crippen LogP contribution in [0.1, 0.15) is 11.4 Å². The van der Waals surface area contributed by atoms with Crippen molar-refractivity contribution < 1.29 is 9.63 Å². The molecule has 5 nitrogen and oxygen atoms in total. The Morgan fingerprint density at radius 1 is 1.18 bits per heavy atom. The SMILES string of the molecule is OCCN(Cc1ccccc1)Cc1ncon1. The van der Waals surface area contributed by atoms with Crippen molar-refractivity contribution in [1.29, 1.82) is 0 Å². The molecule has 0 aliphatic heterocycles. The van der Waals surface area contributed by atoms with Gasteiger partial charge in [0, 0.05) is 13.1 Å². The predicted octanol–water partition coefficient (Wildman–Crippen LogP) is 1.06. The molecule has 2 rings (SSSR count). The van der Waals surface area contributed by atoms with E-state index in [4.69, 9.17) is 9.63 Å². The molecule has 0 unspecified atom stereocenters. The number of aliphatic hydroxyl groups is 1. The van der Waals surface area contributed by atoms with E-state index in [0.29, 0.717) is 18.9 Å². The van der Waals surface area contributed by atoms with Crippen LogP contribution in [-0.2, 0) is 13.1 Å². The maximum absolute atomic E-state index is 9.04. The molecule has 0 aliphatic carbocycles. The zero-order valence-corrected chi connectivity index (χ0v) is 9.49. The van der Waals surface area contributed by atoms with E-state index < -0.39 is 0 Å². The van der Waals surface area contributed by atoms with E-state index in [0.717, 1.165) is 6.54 Å². The van der Waals surface area contributed by atoms with Gasteiger partial charge in [0.15, 0.2) is 5.82 Å². The van der Waals surface area contributed by atoms with Crippen LogP contribution in [0.4, 0.5) is 0 Å². The summed E-state index contributed by atoms with van der Waals surface area (Å²) in [6, 6.07) is 10.1. The van der Waals surface area contributed by atoms with Crippen molar-refractivity contribution >= 4 is 0 Å². The fourth-order valence-electron chi connectivity index (χ4n) is 1.66. The number of nitrogens with zero attached hydrogens (tertiary/aromatic N) is 3. The molecular weight excluding hydrogens is 218 g/mol. The first-order chi connectivity index (χ1) is 8.38. The molecule has 17 heavy (non-hydrogen) atoms. The third kappa shape index (κ3) is 3.65. The monoisotopic (exact) mass is 233 g/mol. The highest BCUT2D eigenvalue weighted by molar-refractivity contribution is 5.14. The third-order valence-corrected chi connectivity index (χ3v) is 2.44. The van der Waals surface area contributed by atoms with Crippen molar-refractivity contribution in [2.45, 2.75) is 13.1 Å². The standard InChI is InChI=1S/C12H15N3O2/c16-7-6-15(9-12-13-10-17-14-12)8-11-4-2-1-3-5-11/h1-5,10,16H,6-9H2. The van der Waals surface area contributed by atoms with Gasteiger partial charge in [0.25, 0.3) is 0 Å². The number of hydrogen-bond acceptors (Lipinski definition) is 5. The third-order valence-electron chi connectivity index (χ3n) is 2.44. The summed E-state index contributed by atoms with van der Waals surface area (Å²) in [7, 11) is 0. The van der Waals surface area contributed by atoms with Gasteiger partial charge in [-0.15, -0.1) is 0 Å². The summed E-state index contributed by atoms with van der Waals surface area (Å²) in [4.78, 5) is 6.05. The maximum Gasteiger partial charge on any atom is 0.213 e. The van der Waals surface area contributed by atoms with Crippen molar-refractivity contribution in [3.8, 4) is 0 Å². The first kappa shape index (κ1) is 11.8. The van der Waals surface area contributed by atoms with Crippen LogP contribution in [-0.4, -0.2) is 33.3 Å². The lowest BCUT2D eigenvalue weighted by Gasteiger charge is -2.19. The van der Waals surface area contributed by atoms with E-state index in [1.165, 1.54) is 12.0 Å². The molecule has 0 amide bonds. The molecule has 1 N–H and O–H groups in total. The summed E-state index contributed by atoms with van der Waals surface area (Å²) in [5.74, 6) is 0.634. The van der Waals surface area contributed by atoms with Crippen LogP contribution < -0.4 is 0 Å². The lowest BCUT2D eigenvalue weighted by molar-refractivity contribution is 0.179. The van der Waals surface area contributed by atoms with Gasteiger partial charge in [-0.1, -0.05) is 35.5 Å². The molecule has 0 saturated carbocycles. The van der Waals surface area contributed by atoms with E-state index in [1.807, 2.05) is 18.2 Å². The summed E-state index contributed by atoms with van der Waals surface area (Å²) >= 11 is 0. The van der Waals surface area contributed by atoms with Gasteiger partial charge in [-0.2, -0.15) is 4.98 Å². The fraction of sp³-hybridized carbons (Fsp3) is 0.333. The average Bonchev–Trinajstić information content (AvgIpc) is 2.83. The van der Waals surface area contributed by atoms with Crippen LogP contribution in [0.5, 0.6) is 0 Å². The highest BCUT2D eigenvalue weighted by atomic mass is 16.5. The Bertz CT molecular complexity index is 417. The first-order valence-electron chi connectivity index (χ1n) is 5.51. The molecule has 1 aromatic carbocycles. The number of rotatable bonds is 6. The molecular formula is C12H15N3O2. The van der Waals surface area contributed by atoms with Gasteiger partial charge in [-0.3, -0.25) is 4.90 Å². The van der Waals surface area contributed by atoms with Crippen molar-refractivity contribution in [2.24, 2.45) is 0 Å². The average molecular weight is 233 g/mol. The Labute approximate surface area is 99.7 Å². The Balaban J connectivity index is 1.97. The van der Waals surface area contributed by atoms with Crippen molar-refractivity contribution in [3.63, 3.8) is 0 Å². The van der Waals surface area contributed by atoms with Crippen molar-refractivity contribution in [1.82, 2.24) is 15.0 Å². The first-order valence-corrected chi connectivity index (χ1v) is 5.51. The van der Waals surface area contributed by atoms with E-state index >= 15 is 0 Å². The quantitative estimate of drug-likeness (QED) is 0.808. The van der Waals surface area contributed by atoms with Gasteiger partial charge >= 0.3 is 0 Å². The smallest absolute Gasteiger partial charge is 0.213 e. The Kier molecular flexibility index (Phi) is 4.23. The minimum Gasteiger partial charge on any atom is -0.395 e. The van der Waals surface area contributed by atoms with Gasteiger partial charge in [0.2, 0.25) is 6.39 Å². The molecule has 2 aromatic rings. The number of benzene rings is 1. The van der Waals surface area contributed by atoms with Gasteiger partial charge in [-0.05, 0) is 5.56 Å². The Hall–Kier alpha value is -1.72. The van der Waals surface area contributed by atoms with Gasteiger partial charge in [0.05, 0.1) is 13.2 Å². The fourth-order valence-corrected chi connectivity index (χ4v) is 1.66. The van der Waals surface area contributed by atoms with Crippen LogP contribution in [0.15, 0.2) is 41.2 Å². The summed E-state index contributed by atoms with van der Waals surface area (Å²) in [5.41, 5.74) is 1.20. The highest BCUT2D eigenvalue weighted by Gasteiger charge is 2.09. The van der Waals surface area contributed by atoms with Crippen molar-refractivity contribution in [3.05, 3.63) is 48.1 Å². The summed E-state index contributed by atoms with van der Waals surface area (Å²) in [5, 5.41) is 12.8. The normalized spacial score (nSPS) is 10.9. The van der Waals surface area contributed by atoms with E-state index in [2.05, 4.69) is 27.2 Å². The minimum atomic E-state index is 0.116. The minimum absolute atomic E-state index is 0.116. The van der Waals surface area contributed by atoms with E-state index in [9.17, 15) is 0 Å². The van der Waals surface area contributed by atoms with E-state index in [1.54, 1.807) is 0 Å². The van der Waals surface area contributed by atoms with E-state index in [-0.39, 0.29) is 6.61 Å². The molecule has 0 spiro atoms. The molecule has 0 bridgehead atoms. The van der Waals surface area contributed by atoms with Crippen molar-refractivity contribution in [2.75, 3.05) is 13.2 Å². The zero-order chi connectivity index (χ0) is 11.9. The van der Waals surface area contributed by atoms with Gasteiger partial charge in [-0.25, -0.2) is 0 Å². The molecule has 0 saturated heterocycles. The Morgan fingerprint density at radius 3 is 2.65 bits per heavy atom. The lowest BCUT2D eigenvalue weighted by atomic mass is 10.2. The van der Waals surface area contributed by atoms with Gasteiger partial charge in [0.1, 0.15) is 0 Å². The molecule has 1 heterocycles. The predicted molar refractivity (Wildman–Crippen MR) is 61.9 cm³/mol. The van der Waals surface area contributed by atoms with Crippen LogP contribution in [0.3, 0.4) is 0 Å². The molecule has 0 fully saturated rings. The van der Waals surface area contributed by atoms with Crippen LogP contribution in [0, 0.1) is 0 Å². The topological polar surface area (TPSA) is 62.4 Å². The number of aromatic nitrogens is 2. The van der Waals surface area contributed by atoms with Crippen LogP contribution in [0.2, 0.25) is 0 Å². The number of aliphatic hydroxyl groups excluding tert-OH is 1. The highest BCUT2D eigenvalue weighted by Crippen LogP contribution is 2.06. The second kappa shape index (κ2) is 6.12. The molecule has 0 aliphatic rings. The number of hydrogen-bond donors (Lipinski definition) is 1. The largest absolute Gasteiger partial charge is 0.395 e. The second-order valence-corrected chi connectivity index (χ2v) is 3.77. The zero-order valence-electron chi connectivity index (χ0n) is 9.49. The van der Waals surface area contributed by atoms with Gasteiger partial charge < -0.3 is 9.63 Å². The second-order valence-electron chi connectivity index (χ2n) is 3.77. The molecule has 0 radical (unpaired) electrons. The molecule has 0 atom stereocenters. The molecule has 1 aromatic heterocycles.